The first-order valence-corrected chi connectivity index (χ1v) is 11.2. The summed E-state index contributed by atoms with van der Waals surface area (Å²) >= 11 is 0. The van der Waals surface area contributed by atoms with E-state index in [1.807, 2.05) is 36.9 Å². The van der Waals surface area contributed by atoms with Gasteiger partial charge in [-0.1, -0.05) is 6.92 Å². The first-order valence-electron chi connectivity index (χ1n) is 11.2. The van der Waals surface area contributed by atoms with Gasteiger partial charge in [-0.2, -0.15) is 5.10 Å². The van der Waals surface area contributed by atoms with E-state index in [9.17, 15) is 0 Å². The Kier molecular flexibility index (Phi) is 4.69. The van der Waals surface area contributed by atoms with E-state index in [1.165, 1.54) is 19.4 Å². The number of hydrogen-bond acceptors (Lipinski definition) is 5. The maximum Gasteiger partial charge on any atom is 0.138 e. The number of rotatable bonds is 5. The van der Waals surface area contributed by atoms with Crippen molar-refractivity contribution in [3.05, 3.63) is 61.4 Å². The Bertz CT molecular complexity index is 1390. The van der Waals surface area contributed by atoms with Crippen molar-refractivity contribution in [2.24, 2.45) is 0 Å². The van der Waals surface area contributed by atoms with E-state index in [-0.39, 0.29) is 0 Å². The number of aromatic nitrogens is 6. The summed E-state index contributed by atoms with van der Waals surface area (Å²) in [7, 11) is 0. The molecule has 6 heterocycles. The lowest BCUT2D eigenvalue weighted by Crippen LogP contribution is -2.32. The zero-order valence-electron chi connectivity index (χ0n) is 18.1. The molecule has 0 amide bonds. The van der Waals surface area contributed by atoms with Crippen LogP contribution in [-0.2, 0) is 6.54 Å². The minimum absolute atomic E-state index is 0.584. The summed E-state index contributed by atoms with van der Waals surface area (Å²) in [6, 6.07) is 8.85. The molecule has 1 N–H and O–H groups in total. The molecule has 0 radical (unpaired) electrons. The smallest absolute Gasteiger partial charge is 0.138 e. The van der Waals surface area contributed by atoms with Crippen LogP contribution < -0.4 is 0 Å². The van der Waals surface area contributed by atoms with Gasteiger partial charge in [0.25, 0.3) is 0 Å². The fourth-order valence-corrected chi connectivity index (χ4v) is 4.85. The standard InChI is InChI=1S/C25H25N7/c1-2-31-8-4-6-20(31)16-32-15-19(13-29-32)18-9-22-21-10-23(17-5-3-7-26-11-17)27-14-24(21)30-25(22)28-12-18/h3,5,7,9-15,20H,2,4,6,8,16H2,1H3,(H,28,30). The van der Waals surface area contributed by atoms with Crippen molar-refractivity contribution < 1.29 is 0 Å². The third-order valence-corrected chi connectivity index (χ3v) is 6.56. The molecule has 1 aliphatic rings. The normalized spacial score (nSPS) is 17.0. The number of nitrogens with one attached hydrogen (secondary N) is 1. The van der Waals surface area contributed by atoms with Crippen molar-refractivity contribution >= 4 is 21.9 Å². The van der Waals surface area contributed by atoms with E-state index in [0.717, 1.165) is 57.4 Å². The molecule has 0 aliphatic carbocycles. The molecule has 0 spiro atoms. The van der Waals surface area contributed by atoms with Crippen molar-refractivity contribution in [2.75, 3.05) is 13.1 Å². The van der Waals surface area contributed by atoms with Gasteiger partial charge in [0.1, 0.15) is 5.65 Å². The predicted octanol–water partition coefficient (Wildman–Crippen LogP) is 4.52. The van der Waals surface area contributed by atoms with Crippen molar-refractivity contribution in [1.29, 1.82) is 0 Å². The van der Waals surface area contributed by atoms with Gasteiger partial charge in [0.05, 0.1) is 30.1 Å². The summed E-state index contributed by atoms with van der Waals surface area (Å²) in [5.74, 6) is 0. The summed E-state index contributed by atoms with van der Waals surface area (Å²) in [5, 5.41) is 6.85. The van der Waals surface area contributed by atoms with Gasteiger partial charge in [-0.25, -0.2) is 4.98 Å². The van der Waals surface area contributed by atoms with Gasteiger partial charge in [-0.05, 0) is 50.2 Å². The molecular weight excluding hydrogens is 398 g/mol. The number of pyridine rings is 3. The van der Waals surface area contributed by atoms with Crippen LogP contribution in [0.2, 0.25) is 0 Å². The lowest BCUT2D eigenvalue weighted by atomic mass is 10.1. The number of likely N-dealkylation sites (N-methyl/N-ethyl adjacent to an activating group) is 1. The second-order valence-electron chi connectivity index (χ2n) is 8.48. The average molecular weight is 424 g/mol. The van der Waals surface area contributed by atoms with E-state index in [2.05, 4.69) is 54.9 Å². The number of H-pyrrole nitrogens is 1. The molecule has 0 saturated carbocycles. The first kappa shape index (κ1) is 19.1. The van der Waals surface area contributed by atoms with Crippen LogP contribution in [0.3, 0.4) is 0 Å². The Balaban J connectivity index is 1.35. The molecule has 5 aromatic rings. The van der Waals surface area contributed by atoms with Gasteiger partial charge in [-0.3, -0.25) is 19.5 Å². The SMILES string of the molecule is CCN1CCCC1Cn1cc(-c2cnc3[nH]c4cnc(-c5cccnc5)cc4c3c2)cn1. The Morgan fingerprint density at radius 2 is 2.00 bits per heavy atom. The third-order valence-electron chi connectivity index (χ3n) is 6.56. The molecule has 1 atom stereocenters. The molecule has 7 heteroatoms. The summed E-state index contributed by atoms with van der Waals surface area (Å²) in [6.45, 7) is 5.49. The molecule has 1 saturated heterocycles. The number of hydrogen-bond donors (Lipinski definition) is 1. The van der Waals surface area contributed by atoms with Crippen LogP contribution in [0.15, 0.2) is 61.4 Å². The minimum atomic E-state index is 0.584. The monoisotopic (exact) mass is 423 g/mol. The van der Waals surface area contributed by atoms with Crippen LogP contribution in [0.25, 0.3) is 44.3 Å². The number of likely N-dealkylation sites (tertiary alicyclic amines) is 1. The molecule has 1 fully saturated rings. The maximum absolute atomic E-state index is 4.69. The van der Waals surface area contributed by atoms with E-state index < -0.39 is 0 Å². The lowest BCUT2D eigenvalue weighted by molar-refractivity contribution is 0.238. The van der Waals surface area contributed by atoms with Crippen LogP contribution >= 0.6 is 0 Å². The lowest BCUT2D eigenvalue weighted by Gasteiger charge is -2.22. The van der Waals surface area contributed by atoms with E-state index in [1.54, 1.807) is 6.20 Å². The molecule has 1 unspecified atom stereocenters. The van der Waals surface area contributed by atoms with Crippen molar-refractivity contribution in [3.8, 4) is 22.4 Å². The van der Waals surface area contributed by atoms with Crippen LogP contribution in [-0.4, -0.2) is 53.7 Å². The summed E-state index contributed by atoms with van der Waals surface area (Å²) < 4.78 is 2.08. The van der Waals surface area contributed by atoms with Crippen LogP contribution in [0.4, 0.5) is 0 Å². The highest BCUT2D eigenvalue weighted by molar-refractivity contribution is 6.07. The highest BCUT2D eigenvalue weighted by Gasteiger charge is 2.23. The highest BCUT2D eigenvalue weighted by atomic mass is 15.3. The summed E-state index contributed by atoms with van der Waals surface area (Å²) in [5.41, 5.74) is 5.92. The average Bonchev–Trinajstić information content (AvgIpc) is 3.57. The van der Waals surface area contributed by atoms with Gasteiger partial charge in [-0.15, -0.1) is 0 Å². The second kappa shape index (κ2) is 7.84. The fourth-order valence-electron chi connectivity index (χ4n) is 4.85. The molecule has 0 bridgehead atoms. The van der Waals surface area contributed by atoms with Gasteiger partial charge >= 0.3 is 0 Å². The van der Waals surface area contributed by atoms with Gasteiger partial charge in [0.15, 0.2) is 0 Å². The fraction of sp³-hybridized carbons (Fsp3) is 0.280. The Morgan fingerprint density at radius 3 is 2.88 bits per heavy atom. The molecule has 6 rings (SSSR count). The minimum Gasteiger partial charge on any atom is -0.338 e. The third kappa shape index (κ3) is 3.35. The molecule has 0 aromatic carbocycles. The molecule has 160 valence electrons. The van der Waals surface area contributed by atoms with Crippen LogP contribution in [0.1, 0.15) is 19.8 Å². The van der Waals surface area contributed by atoms with Crippen LogP contribution in [0, 0.1) is 0 Å². The summed E-state index contributed by atoms with van der Waals surface area (Å²) in [6.07, 6.45) is 14.0. The van der Waals surface area contributed by atoms with E-state index in [4.69, 9.17) is 4.98 Å². The first-order chi connectivity index (χ1) is 15.8. The maximum atomic E-state index is 4.69. The zero-order valence-corrected chi connectivity index (χ0v) is 18.1. The summed E-state index contributed by atoms with van der Waals surface area (Å²) in [4.78, 5) is 19.5. The molecule has 32 heavy (non-hydrogen) atoms. The Hall–Kier alpha value is -3.58. The van der Waals surface area contributed by atoms with Crippen molar-refractivity contribution in [2.45, 2.75) is 32.4 Å². The second-order valence-corrected chi connectivity index (χ2v) is 8.48. The van der Waals surface area contributed by atoms with E-state index >= 15 is 0 Å². The topological polar surface area (TPSA) is 75.5 Å². The van der Waals surface area contributed by atoms with Gasteiger partial charge in [0, 0.05) is 58.3 Å². The van der Waals surface area contributed by atoms with Crippen molar-refractivity contribution in [1.82, 2.24) is 34.6 Å². The molecule has 1 aliphatic heterocycles. The van der Waals surface area contributed by atoms with Gasteiger partial charge in [0.2, 0.25) is 0 Å². The number of nitrogens with zero attached hydrogens (tertiary/aromatic N) is 6. The highest BCUT2D eigenvalue weighted by Crippen LogP contribution is 2.30. The Morgan fingerprint density at radius 1 is 1.03 bits per heavy atom. The predicted molar refractivity (Wildman–Crippen MR) is 126 cm³/mol. The van der Waals surface area contributed by atoms with Crippen LogP contribution in [0.5, 0.6) is 0 Å². The zero-order chi connectivity index (χ0) is 21.5. The van der Waals surface area contributed by atoms with Gasteiger partial charge < -0.3 is 4.98 Å². The molecular formula is C25H25N7. The number of fused-ring (bicyclic) bond motifs is 3. The molecule has 5 aromatic heterocycles. The quantitative estimate of drug-likeness (QED) is 0.450. The Labute approximate surface area is 186 Å². The number of aromatic amines is 1. The largest absolute Gasteiger partial charge is 0.338 e. The van der Waals surface area contributed by atoms with Crippen molar-refractivity contribution in [3.63, 3.8) is 0 Å². The van der Waals surface area contributed by atoms with E-state index in [0.29, 0.717) is 6.04 Å². The molecule has 7 nitrogen and oxygen atoms in total.